The van der Waals surface area contributed by atoms with E-state index >= 15 is 0 Å². The van der Waals surface area contributed by atoms with E-state index in [4.69, 9.17) is 16.0 Å². The lowest BCUT2D eigenvalue weighted by atomic mass is 10.0. The molecule has 0 fully saturated rings. The number of halogens is 1. The number of hydrogen-bond donors (Lipinski definition) is 0. The molecule has 0 aliphatic heterocycles. The highest BCUT2D eigenvalue weighted by molar-refractivity contribution is 6.73. The van der Waals surface area contributed by atoms with Crippen molar-refractivity contribution in [2.24, 2.45) is 0 Å². The topological polar surface area (TPSA) is 26.3 Å². The Morgan fingerprint density at radius 1 is 0.958 bits per heavy atom. The second-order valence-electron chi connectivity index (χ2n) is 6.02. The van der Waals surface area contributed by atoms with Crippen molar-refractivity contribution in [3.63, 3.8) is 0 Å². The predicted molar refractivity (Wildman–Crippen MR) is 103 cm³/mol. The molecule has 2 aromatic carbocycles. The van der Waals surface area contributed by atoms with Crippen LogP contribution >= 0.6 is 11.6 Å². The van der Waals surface area contributed by atoms with Gasteiger partial charge in [-0.25, -0.2) is 0 Å². The summed E-state index contributed by atoms with van der Waals surface area (Å²) >= 11 is 6.01. The number of benzene rings is 2. The number of hydrogen-bond acceptors (Lipinski definition) is 2. The summed E-state index contributed by atoms with van der Waals surface area (Å²) in [5, 5.41) is 0.662. The average molecular weight is 361 g/mol. The Labute approximate surface area is 150 Å². The first-order valence-corrected chi connectivity index (χ1v) is 11.5. The summed E-state index contributed by atoms with van der Waals surface area (Å²) < 4.78 is 6.57. The highest BCUT2D eigenvalue weighted by Crippen LogP contribution is 2.32. The van der Waals surface area contributed by atoms with Crippen molar-refractivity contribution in [1.29, 1.82) is 0 Å². The predicted octanol–water partition coefficient (Wildman–Crippen LogP) is 6.29. The van der Waals surface area contributed by atoms with E-state index in [9.17, 15) is 4.79 Å². The summed E-state index contributed by atoms with van der Waals surface area (Å²) in [4.78, 5) is 13.1. The fourth-order valence-corrected chi connectivity index (χ4v) is 5.78. The van der Waals surface area contributed by atoms with Gasteiger partial charge in [0.2, 0.25) is 0 Å². The third-order valence-electron chi connectivity index (χ3n) is 4.77. The van der Waals surface area contributed by atoms with Gasteiger partial charge in [0, 0.05) is 10.6 Å². The van der Waals surface area contributed by atoms with Crippen molar-refractivity contribution in [2.75, 3.05) is 0 Å². The van der Waals surface area contributed by atoms with Gasteiger partial charge in [0.25, 0.3) is 0 Å². The van der Waals surface area contributed by atoms with E-state index < -0.39 is 14.4 Å². The van der Waals surface area contributed by atoms with Crippen LogP contribution in [-0.2, 0) is 4.43 Å². The third kappa shape index (κ3) is 4.35. The van der Waals surface area contributed by atoms with Gasteiger partial charge in [0.05, 0.1) is 0 Å². The summed E-state index contributed by atoms with van der Waals surface area (Å²) in [5.41, 5.74) is 1.56. The summed E-state index contributed by atoms with van der Waals surface area (Å²) in [5.74, 6) is 0.0187. The van der Waals surface area contributed by atoms with Gasteiger partial charge in [-0.3, -0.25) is 4.79 Å². The normalized spacial score (nSPS) is 12.8. The van der Waals surface area contributed by atoms with Crippen molar-refractivity contribution < 1.29 is 9.22 Å². The van der Waals surface area contributed by atoms with Crippen LogP contribution in [0.1, 0.15) is 42.8 Å². The molecule has 0 amide bonds. The minimum Gasteiger partial charge on any atom is -0.403 e. The molecule has 0 aromatic heterocycles. The average Bonchev–Trinajstić information content (AvgIpc) is 2.65. The van der Waals surface area contributed by atoms with Crippen molar-refractivity contribution in [2.45, 2.75) is 45.0 Å². The maximum Gasteiger partial charge on any atom is 0.194 e. The Hall–Kier alpha value is -1.42. The minimum atomic E-state index is -1.93. The van der Waals surface area contributed by atoms with Gasteiger partial charge in [0.1, 0.15) is 6.10 Å². The van der Waals surface area contributed by atoms with Crippen LogP contribution in [0.15, 0.2) is 54.6 Å². The molecule has 2 aromatic rings. The molecule has 0 saturated carbocycles. The minimum absolute atomic E-state index is 0.0187. The number of ketones is 1. The monoisotopic (exact) mass is 360 g/mol. The zero-order chi connectivity index (χ0) is 17.6. The summed E-state index contributed by atoms with van der Waals surface area (Å²) in [7, 11) is -1.93. The van der Waals surface area contributed by atoms with Gasteiger partial charge in [-0.05, 0) is 35.8 Å². The molecule has 0 saturated heterocycles. The van der Waals surface area contributed by atoms with Crippen LogP contribution in [0.25, 0.3) is 0 Å². The molecule has 4 heteroatoms. The van der Waals surface area contributed by atoms with E-state index in [0.29, 0.717) is 10.6 Å². The first-order chi connectivity index (χ1) is 11.5. The molecule has 0 aliphatic rings. The van der Waals surface area contributed by atoms with E-state index in [0.717, 1.165) is 23.7 Å². The van der Waals surface area contributed by atoms with Crippen molar-refractivity contribution >= 4 is 25.7 Å². The molecule has 24 heavy (non-hydrogen) atoms. The van der Waals surface area contributed by atoms with E-state index in [2.05, 4.69) is 20.8 Å². The van der Waals surface area contributed by atoms with Gasteiger partial charge in [-0.15, -0.1) is 0 Å². The van der Waals surface area contributed by atoms with E-state index in [1.165, 1.54) is 0 Å². The molecule has 0 unspecified atom stereocenters. The lowest BCUT2D eigenvalue weighted by Gasteiger charge is -2.33. The van der Waals surface area contributed by atoms with E-state index in [-0.39, 0.29) is 5.78 Å². The number of carbonyl (C=O) groups is 1. The molecule has 0 radical (unpaired) electrons. The van der Waals surface area contributed by atoms with Gasteiger partial charge < -0.3 is 4.43 Å². The number of carbonyl (C=O) groups excluding carboxylic acids is 1. The standard InChI is InChI=1S/C20H25ClO2Si/c1-4-24(5-2,6-3)23-20(17-12-14-18(21)15-13-17)19(22)16-10-8-7-9-11-16/h7-15,20H,4-6H2,1-3H3/t20-/m0/s1. The third-order valence-corrected chi connectivity index (χ3v) is 9.62. The fourth-order valence-electron chi connectivity index (χ4n) is 2.91. The zero-order valence-corrected chi connectivity index (χ0v) is 16.3. The van der Waals surface area contributed by atoms with Gasteiger partial charge in [0.15, 0.2) is 14.1 Å². The molecule has 0 spiro atoms. The Bertz CT molecular complexity index is 643. The highest BCUT2D eigenvalue weighted by Gasteiger charge is 2.35. The second kappa shape index (κ2) is 8.61. The van der Waals surface area contributed by atoms with Crippen molar-refractivity contribution in [1.82, 2.24) is 0 Å². The zero-order valence-electron chi connectivity index (χ0n) is 14.6. The molecular formula is C20H25ClO2Si. The van der Waals surface area contributed by atoms with Crippen molar-refractivity contribution in [3.8, 4) is 0 Å². The lowest BCUT2D eigenvalue weighted by Crippen LogP contribution is -2.39. The SMILES string of the molecule is CC[Si](CC)(CC)O[C@H](C(=O)c1ccccc1)c1ccc(Cl)cc1. The molecule has 0 N–H and O–H groups in total. The second-order valence-corrected chi connectivity index (χ2v) is 11.2. The molecule has 2 rings (SSSR count). The van der Waals surface area contributed by atoms with Crippen LogP contribution in [0.3, 0.4) is 0 Å². The van der Waals surface area contributed by atoms with Gasteiger partial charge in [-0.1, -0.05) is 74.8 Å². The largest absolute Gasteiger partial charge is 0.403 e. The maximum absolute atomic E-state index is 13.1. The Kier molecular flexibility index (Phi) is 6.78. The maximum atomic E-state index is 13.1. The fraction of sp³-hybridized carbons (Fsp3) is 0.350. The van der Waals surface area contributed by atoms with E-state index in [1.807, 2.05) is 54.6 Å². The quantitative estimate of drug-likeness (QED) is 0.408. The van der Waals surface area contributed by atoms with Crippen LogP contribution in [0.4, 0.5) is 0 Å². The van der Waals surface area contributed by atoms with Gasteiger partial charge >= 0.3 is 0 Å². The van der Waals surface area contributed by atoms with Crippen LogP contribution < -0.4 is 0 Å². The molecule has 0 bridgehead atoms. The van der Waals surface area contributed by atoms with Crippen LogP contribution in [0, 0.1) is 0 Å². The molecule has 128 valence electrons. The Morgan fingerprint density at radius 3 is 2.00 bits per heavy atom. The van der Waals surface area contributed by atoms with Crippen molar-refractivity contribution in [3.05, 3.63) is 70.7 Å². The molecule has 1 atom stereocenters. The first-order valence-electron chi connectivity index (χ1n) is 8.57. The van der Waals surface area contributed by atoms with Crippen LogP contribution in [0.5, 0.6) is 0 Å². The summed E-state index contributed by atoms with van der Waals surface area (Å²) in [6.45, 7) is 6.52. The van der Waals surface area contributed by atoms with Crippen LogP contribution in [0.2, 0.25) is 23.2 Å². The highest BCUT2D eigenvalue weighted by atomic mass is 35.5. The van der Waals surface area contributed by atoms with Gasteiger partial charge in [-0.2, -0.15) is 0 Å². The number of rotatable bonds is 8. The smallest absolute Gasteiger partial charge is 0.194 e. The lowest BCUT2D eigenvalue weighted by molar-refractivity contribution is 0.0772. The number of Topliss-reactive ketones (excluding diaryl/α,β-unsaturated/α-hetero) is 1. The molecule has 0 heterocycles. The summed E-state index contributed by atoms with van der Waals surface area (Å²) in [6.07, 6.45) is -0.559. The van der Waals surface area contributed by atoms with Crippen LogP contribution in [-0.4, -0.2) is 14.1 Å². The summed E-state index contributed by atoms with van der Waals surface area (Å²) in [6, 6.07) is 19.8. The molecular weight excluding hydrogens is 336 g/mol. The molecule has 2 nitrogen and oxygen atoms in total. The van der Waals surface area contributed by atoms with E-state index in [1.54, 1.807) is 0 Å². The molecule has 0 aliphatic carbocycles. The first kappa shape index (κ1) is 18.9. The Morgan fingerprint density at radius 2 is 1.50 bits per heavy atom. The Balaban J connectivity index is 2.41.